The molecular formula is C10H18OS. The number of ketones is 1. The Bertz CT molecular complexity index is 139. The zero-order valence-corrected chi connectivity index (χ0v) is 8.66. The van der Waals surface area contributed by atoms with Crippen molar-refractivity contribution in [2.75, 3.05) is 5.75 Å². The van der Waals surface area contributed by atoms with Gasteiger partial charge in [0.2, 0.25) is 0 Å². The zero-order valence-electron chi connectivity index (χ0n) is 7.84. The van der Waals surface area contributed by atoms with Crippen LogP contribution in [0.2, 0.25) is 0 Å². The average molecular weight is 186 g/mol. The molecule has 0 N–H and O–H groups in total. The summed E-state index contributed by atoms with van der Waals surface area (Å²) in [6.07, 6.45) is 6.46. The van der Waals surface area contributed by atoms with Gasteiger partial charge in [0.25, 0.3) is 0 Å². The van der Waals surface area contributed by atoms with Crippen LogP contribution in [0.15, 0.2) is 0 Å². The Kier molecular flexibility index (Phi) is 4.74. The first-order chi connectivity index (χ1) is 5.83. The highest BCUT2D eigenvalue weighted by molar-refractivity contribution is 8.00. The van der Waals surface area contributed by atoms with Crippen LogP contribution in [0, 0.1) is 0 Å². The molecule has 2 heteroatoms. The van der Waals surface area contributed by atoms with E-state index in [4.69, 9.17) is 0 Å². The van der Waals surface area contributed by atoms with Gasteiger partial charge < -0.3 is 0 Å². The van der Waals surface area contributed by atoms with E-state index in [0.717, 1.165) is 25.7 Å². The van der Waals surface area contributed by atoms with Crippen LogP contribution in [0.1, 0.15) is 45.4 Å². The smallest absolute Gasteiger partial charge is 0.134 e. The molecule has 0 saturated carbocycles. The van der Waals surface area contributed by atoms with E-state index in [2.05, 4.69) is 6.92 Å². The number of carbonyl (C=O) groups excluding carboxylic acids is 1. The van der Waals surface area contributed by atoms with E-state index >= 15 is 0 Å². The molecule has 0 spiro atoms. The van der Waals surface area contributed by atoms with E-state index in [-0.39, 0.29) is 0 Å². The van der Waals surface area contributed by atoms with Crippen molar-refractivity contribution >= 4 is 17.5 Å². The van der Waals surface area contributed by atoms with Crippen molar-refractivity contribution in [1.29, 1.82) is 0 Å². The minimum Gasteiger partial charge on any atom is -0.300 e. The second kappa shape index (κ2) is 5.63. The highest BCUT2D eigenvalue weighted by Crippen LogP contribution is 2.29. The Labute approximate surface area is 79.3 Å². The van der Waals surface area contributed by atoms with Gasteiger partial charge >= 0.3 is 0 Å². The summed E-state index contributed by atoms with van der Waals surface area (Å²) in [6.45, 7) is 2.14. The Morgan fingerprint density at radius 1 is 1.58 bits per heavy atom. The van der Waals surface area contributed by atoms with Gasteiger partial charge in [-0.2, -0.15) is 11.8 Å². The van der Waals surface area contributed by atoms with Crippen molar-refractivity contribution in [3.8, 4) is 0 Å². The van der Waals surface area contributed by atoms with Crippen molar-refractivity contribution in [3.05, 3.63) is 0 Å². The molecule has 1 aliphatic heterocycles. The zero-order chi connectivity index (χ0) is 8.81. The van der Waals surface area contributed by atoms with Crippen LogP contribution >= 0.6 is 11.8 Å². The molecule has 1 aliphatic rings. The maximum absolute atomic E-state index is 11.3. The maximum Gasteiger partial charge on any atom is 0.134 e. The number of unbranched alkanes of at least 4 members (excludes halogenated alkanes) is 1. The number of carbonyl (C=O) groups is 1. The predicted octanol–water partition coefficient (Wildman–Crippen LogP) is 3.03. The van der Waals surface area contributed by atoms with Crippen LogP contribution in [0.4, 0.5) is 0 Å². The van der Waals surface area contributed by atoms with Gasteiger partial charge in [0.1, 0.15) is 5.78 Å². The molecule has 1 heterocycles. The van der Waals surface area contributed by atoms with Crippen molar-refractivity contribution in [2.24, 2.45) is 0 Å². The lowest BCUT2D eigenvalue weighted by Gasteiger charge is -2.05. The van der Waals surface area contributed by atoms with Gasteiger partial charge in [0.15, 0.2) is 0 Å². The average Bonchev–Trinajstić information content (AvgIpc) is 2.53. The third kappa shape index (κ3) is 3.61. The van der Waals surface area contributed by atoms with Gasteiger partial charge in [-0.3, -0.25) is 4.79 Å². The van der Waals surface area contributed by atoms with Crippen LogP contribution in [-0.4, -0.2) is 16.8 Å². The molecule has 1 atom stereocenters. The standard InChI is InChI=1S/C10H18OS/c1-2-3-5-9(11)8-10-6-4-7-12-10/h10H,2-8H2,1H3. The molecule has 0 bridgehead atoms. The first-order valence-corrected chi connectivity index (χ1v) is 6.01. The summed E-state index contributed by atoms with van der Waals surface area (Å²) < 4.78 is 0. The van der Waals surface area contributed by atoms with Gasteiger partial charge in [0.05, 0.1) is 0 Å². The lowest BCUT2D eigenvalue weighted by atomic mass is 10.1. The minimum absolute atomic E-state index is 0.483. The molecule has 0 aromatic carbocycles. The lowest BCUT2D eigenvalue weighted by Crippen LogP contribution is -2.06. The first-order valence-electron chi connectivity index (χ1n) is 4.96. The number of hydrogen-bond donors (Lipinski definition) is 0. The van der Waals surface area contributed by atoms with Gasteiger partial charge in [0, 0.05) is 18.1 Å². The molecule has 0 radical (unpaired) electrons. The van der Waals surface area contributed by atoms with Crippen LogP contribution in [0.3, 0.4) is 0 Å². The normalized spacial score (nSPS) is 22.9. The monoisotopic (exact) mass is 186 g/mol. The largest absolute Gasteiger partial charge is 0.300 e. The van der Waals surface area contributed by atoms with E-state index < -0.39 is 0 Å². The number of thioether (sulfide) groups is 1. The fourth-order valence-corrected chi connectivity index (χ4v) is 2.84. The summed E-state index contributed by atoms with van der Waals surface area (Å²) in [6, 6.07) is 0. The molecule has 70 valence electrons. The molecule has 1 fully saturated rings. The number of hydrogen-bond acceptors (Lipinski definition) is 2. The van der Waals surface area contributed by atoms with E-state index in [1.165, 1.54) is 18.6 Å². The van der Waals surface area contributed by atoms with E-state index in [1.54, 1.807) is 0 Å². The van der Waals surface area contributed by atoms with E-state index in [9.17, 15) is 4.79 Å². The molecule has 0 amide bonds. The summed E-state index contributed by atoms with van der Waals surface area (Å²) in [7, 11) is 0. The van der Waals surface area contributed by atoms with Crippen molar-refractivity contribution < 1.29 is 4.79 Å². The highest BCUT2D eigenvalue weighted by atomic mass is 32.2. The first kappa shape index (κ1) is 10.1. The van der Waals surface area contributed by atoms with Crippen molar-refractivity contribution in [3.63, 3.8) is 0 Å². The second-order valence-electron chi connectivity index (χ2n) is 3.48. The Morgan fingerprint density at radius 2 is 2.42 bits per heavy atom. The van der Waals surface area contributed by atoms with Crippen LogP contribution in [0.5, 0.6) is 0 Å². The third-order valence-electron chi connectivity index (χ3n) is 2.29. The predicted molar refractivity (Wildman–Crippen MR) is 54.6 cm³/mol. The third-order valence-corrected chi connectivity index (χ3v) is 3.69. The van der Waals surface area contributed by atoms with Crippen LogP contribution in [0.25, 0.3) is 0 Å². The quantitative estimate of drug-likeness (QED) is 0.656. The highest BCUT2D eigenvalue weighted by Gasteiger charge is 2.18. The van der Waals surface area contributed by atoms with Gasteiger partial charge in [-0.15, -0.1) is 0 Å². The Morgan fingerprint density at radius 3 is 3.00 bits per heavy atom. The molecule has 0 aromatic heterocycles. The van der Waals surface area contributed by atoms with Crippen LogP contribution < -0.4 is 0 Å². The maximum atomic E-state index is 11.3. The topological polar surface area (TPSA) is 17.1 Å². The Balaban J connectivity index is 2.08. The van der Waals surface area contributed by atoms with Crippen molar-refractivity contribution in [1.82, 2.24) is 0 Å². The molecule has 1 rings (SSSR count). The lowest BCUT2D eigenvalue weighted by molar-refractivity contribution is -0.119. The summed E-state index contributed by atoms with van der Waals surface area (Å²) >= 11 is 1.98. The molecule has 1 saturated heterocycles. The minimum atomic E-state index is 0.483. The summed E-state index contributed by atoms with van der Waals surface area (Å²) in [5.41, 5.74) is 0. The SMILES string of the molecule is CCCCC(=O)CC1CCCS1. The fourth-order valence-electron chi connectivity index (χ4n) is 1.54. The summed E-state index contributed by atoms with van der Waals surface area (Å²) in [5, 5.41) is 0.661. The summed E-state index contributed by atoms with van der Waals surface area (Å²) in [4.78, 5) is 11.3. The second-order valence-corrected chi connectivity index (χ2v) is 4.89. The van der Waals surface area contributed by atoms with Gasteiger partial charge in [-0.05, 0) is 25.0 Å². The molecular weight excluding hydrogens is 168 g/mol. The van der Waals surface area contributed by atoms with Crippen LogP contribution in [-0.2, 0) is 4.79 Å². The summed E-state index contributed by atoms with van der Waals surface area (Å²) in [5.74, 6) is 1.75. The molecule has 0 aromatic rings. The number of rotatable bonds is 5. The molecule has 0 aliphatic carbocycles. The van der Waals surface area contributed by atoms with Gasteiger partial charge in [-0.1, -0.05) is 13.3 Å². The molecule has 1 nitrogen and oxygen atoms in total. The van der Waals surface area contributed by atoms with Gasteiger partial charge in [-0.25, -0.2) is 0 Å². The Hall–Kier alpha value is 0.0200. The molecule has 12 heavy (non-hydrogen) atoms. The fraction of sp³-hybridized carbons (Fsp3) is 0.900. The van der Waals surface area contributed by atoms with E-state index in [0.29, 0.717) is 11.0 Å². The van der Waals surface area contributed by atoms with E-state index in [1.807, 2.05) is 11.8 Å². The molecule has 1 unspecified atom stereocenters. The number of Topliss-reactive ketones (excluding diaryl/α,β-unsaturated/α-hetero) is 1. The van der Waals surface area contributed by atoms with Crippen molar-refractivity contribution in [2.45, 2.75) is 50.7 Å².